The second-order valence-corrected chi connectivity index (χ2v) is 7.91. The molecule has 32 heavy (non-hydrogen) atoms. The van der Waals surface area contributed by atoms with Crippen LogP contribution in [-0.4, -0.2) is 12.1 Å². The first-order valence-electron chi connectivity index (χ1n) is 9.70. The molecule has 4 nitrogen and oxygen atoms in total. The van der Waals surface area contributed by atoms with Crippen molar-refractivity contribution >= 4 is 45.5 Å². The highest BCUT2D eigenvalue weighted by Crippen LogP contribution is 2.37. The third-order valence-corrected chi connectivity index (χ3v) is 5.50. The van der Waals surface area contributed by atoms with Crippen molar-refractivity contribution in [1.29, 1.82) is 5.26 Å². The number of benzene rings is 3. The molecule has 0 fully saturated rings. The van der Waals surface area contributed by atoms with Crippen LogP contribution in [0.4, 0.5) is 11.4 Å². The fourth-order valence-corrected chi connectivity index (χ4v) is 3.70. The Morgan fingerprint density at radius 1 is 0.938 bits per heavy atom. The summed E-state index contributed by atoms with van der Waals surface area (Å²) in [5.74, 6) is 6.81. The average Bonchev–Trinajstić information content (AvgIpc) is 2.80. The number of aromatic nitrogens is 1. The van der Waals surface area contributed by atoms with Crippen LogP contribution in [0.15, 0.2) is 60.8 Å². The monoisotopic (exact) mass is 457 g/mol. The van der Waals surface area contributed by atoms with Crippen LogP contribution in [0.1, 0.15) is 22.3 Å². The van der Waals surface area contributed by atoms with Gasteiger partial charge in [0.25, 0.3) is 0 Å². The standard InChI is InChI=1S/C26H17Cl2N3O/c1-16-3-5-17(6-4-16)7-8-18-9-10-20-23(11-18)30-15-19(14-29)26(20)31-24-13-25(32-2)22(28)12-21(24)27/h3-6,9-13,15H,1-2H3,(H,30,31). The maximum atomic E-state index is 9.62. The molecule has 0 bridgehead atoms. The molecule has 0 aliphatic heterocycles. The molecule has 6 heteroatoms. The summed E-state index contributed by atoms with van der Waals surface area (Å²) in [6, 6.07) is 19.2. The van der Waals surface area contributed by atoms with Gasteiger partial charge >= 0.3 is 0 Å². The third kappa shape index (κ3) is 4.48. The Balaban J connectivity index is 1.75. The van der Waals surface area contributed by atoms with Crippen molar-refractivity contribution in [1.82, 2.24) is 4.98 Å². The number of aryl methyl sites for hydroxylation is 1. The zero-order valence-electron chi connectivity index (χ0n) is 17.3. The van der Waals surface area contributed by atoms with Crippen molar-refractivity contribution in [3.05, 3.63) is 93.1 Å². The summed E-state index contributed by atoms with van der Waals surface area (Å²) in [5.41, 5.74) is 5.23. The van der Waals surface area contributed by atoms with Crippen LogP contribution in [0.5, 0.6) is 5.75 Å². The average molecular weight is 458 g/mol. The van der Waals surface area contributed by atoms with Gasteiger partial charge in [0.1, 0.15) is 11.8 Å². The Kier molecular flexibility index (Phi) is 6.19. The van der Waals surface area contributed by atoms with E-state index in [-0.39, 0.29) is 0 Å². The lowest BCUT2D eigenvalue weighted by Crippen LogP contribution is -1.98. The lowest BCUT2D eigenvalue weighted by molar-refractivity contribution is 0.415. The quantitative estimate of drug-likeness (QED) is 0.340. The summed E-state index contributed by atoms with van der Waals surface area (Å²) in [4.78, 5) is 4.44. The summed E-state index contributed by atoms with van der Waals surface area (Å²) in [6.45, 7) is 2.04. The molecule has 4 aromatic rings. The zero-order chi connectivity index (χ0) is 22.7. The Morgan fingerprint density at radius 3 is 2.38 bits per heavy atom. The number of hydrogen-bond acceptors (Lipinski definition) is 4. The van der Waals surface area contributed by atoms with Crippen LogP contribution in [0.25, 0.3) is 10.9 Å². The Hall–Kier alpha value is -3.70. The summed E-state index contributed by atoms with van der Waals surface area (Å²) in [7, 11) is 1.53. The summed E-state index contributed by atoms with van der Waals surface area (Å²) < 4.78 is 5.28. The number of nitrogens with zero attached hydrogens (tertiary/aromatic N) is 2. The van der Waals surface area contributed by atoms with E-state index in [9.17, 15) is 5.26 Å². The molecule has 0 spiro atoms. The number of methoxy groups -OCH3 is 1. The van der Waals surface area contributed by atoms with Crippen LogP contribution >= 0.6 is 23.2 Å². The summed E-state index contributed by atoms with van der Waals surface area (Å²) >= 11 is 12.5. The van der Waals surface area contributed by atoms with Crippen molar-refractivity contribution < 1.29 is 4.74 Å². The second-order valence-electron chi connectivity index (χ2n) is 7.10. The normalized spacial score (nSPS) is 10.2. The van der Waals surface area contributed by atoms with E-state index in [1.165, 1.54) is 18.9 Å². The largest absolute Gasteiger partial charge is 0.495 e. The molecule has 3 aromatic carbocycles. The van der Waals surface area contributed by atoms with Crippen molar-refractivity contribution in [3.8, 4) is 23.7 Å². The smallest absolute Gasteiger partial charge is 0.139 e. The van der Waals surface area contributed by atoms with Gasteiger partial charge in [0.15, 0.2) is 0 Å². The van der Waals surface area contributed by atoms with Crippen LogP contribution in [0.3, 0.4) is 0 Å². The number of rotatable bonds is 3. The molecule has 1 N–H and O–H groups in total. The Morgan fingerprint density at radius 2 is 1.66 bits per heavy atom. The van der Waals surface area contributed by atoms with Crippen LogP contribution < -0.4 is 10.1 Å². The number of nitriles is 1. The molecule has 4 rings (SSSR count). The second kappa shape index (κ2) is 9.20. The van der Waals surface area contributed by atoms with E-state index in [0.717, 1.165) is 16.5 Å². The minimum absolute atomic E-state index is 0.390. The van der Waals surface area contributed by atoms with Gasteiger partial charge in [0.05, 0.1) is 39.6 Å². The van der Waals surface area contributed by atoms with Gasteiger partial charge in [-0.15, -0.1) is 0 Å². The van der Waals surface area contributed by atoms with Gasteiger partial charge in [-0.2, -0.15) is 5.26 Å². The number of pyridine rings is 1. The number of fused-ring (bicyclic) bond motifs is 1. The molecule has 0 amide bonds. The van der Waals surface area contributed by atoms with E-state index < -0.39 is 0 Å². The first-order valence-corrected chi connectivity index (χ1v) is 10.5. The van der Waals surface area contributed by atoms with Gasteiger partial charge in [-0.3, -0.25) is 4.98 Å². The molecule has 0 aliphatic rings. The van der Waals surface area contributed by atoms with Gasteiger partial charge in [-0.1, -0.05) is 52.7 Å². The SMILES string of the molecule is COc1cc(Nc2c(C#N)cnc3cc(C#Cc4ccc(C)cc4)ccc23)c(Cl)cc1Cl. The fraction of sp³-hybridized carbons (Fsp3) is 0.0769. The van der Waals surface area contributed by atoms with E-state index >= 15 is 0 Å². The number of anilines is 2. The van der Waals surface area contributed by atoms with E-state index in [1.807, 2.05) is 49.4 Å². The third-order valence-electron chi connectivity index (χ3n) is 4.89. The van der Waals surface area contributed by atoms with Crippen LogP contribution in [-0.2, 0) is 0 Å². The van der Waals surface area contributed by atoms with E-state index in [2.05, 4.69) is 28.2 Å². The Labute approximate surface area is 196 Å². The van der Waals surface area contributed by atoms with E-state index in [4.69, 9.17) is 27.9 Å². The van der Waals surface area contributed by atoms with Gasteiger partial charge < -0.3 is 10.1 Å². The highest BCUT2D eigenvalue weighted by Gasteiger charge is 2.13. The maximum Gasteiger partial charge on any atom is 0.139 e. The topological polar surface area (TPSA) is 57.9 Å². The maximum absolute atomic E-state index is 9.62. The lowest BCUT2D eigenvalue weighted by atomic mass is 10.1. The number of nitrogens with one attached hydrogen (secondary N) is 1. The molecule has 0 atom stereocenters. The molecule has 0 unspecified atom stereocenters. The van der Waals surface area contributed by atoms with Gasteiger partial charge in [-0.05, 0) is 43.3 Å². The first kappa shape index (κ1) is 21.5. The highest BCUT2D eigenvalue weighted by atomic mass is 35.5. The highest BCUT2D eigenvalue weighted by molar-refractivity contribution is 6.37. The van der Waals surface area contributed by atoms with Gasteiger partial charge in [0.2, 0.25) is 0 Å². The van der Waals surface area contributed by atoms with E-state index in [0.29, 0.717) is 38.2 Å². The minimum atomic E-state index is 0.390. The van der Waals surface area contributed by atoms with Crippen LogP contribution in [0, 0.1) is 30.1 Å². The molecule has 0 saturated carbocycles. The Bertz CT molecular complexity index is 1430. The zero-order valence-corrected chi connectivity index (χ0v) is 18.8. The molecule has 1 heterocycles. The summed E-state index contributed by atoms with van der Waals surface area (Å²) in [5, 5.41) is 14.5. The van der Waals surface area contributed by atoms with Crippen LogP contribution in [0.2, 0.25) is 10.0 Å². The molecule has 0 radical (unpaired) electrons. The lowest BCUT2D eigenvalue weighted by Gasteiger charge is -2.14. The van der Waals surface area contributed by atoms with Crippen molar-refractivity contribution in [2.24, 2.45) is 0 Å². The predicted octanol–water partition coefficient (Wildman–Crippen LogP) is 6.87. The number of halogens is 2. The van der Waals surface area contributed by atoms with Gasteiger partial charge in [-0.25, -0.2) is 0 Å². The van der Waals surface area contributed by atoms with E-state index in [1.54, 1.807) is 12.1 Å². The molecule has 1 aromatic heterocycles. The molecule has 0 saturated heterocycles. The first-order chi connectivity index (χ1) is 15.5. The van der Waals surface area contributed by atoms with Gasteiger partial charge in [0, 0.05) is 28.8 Å². The summed E-state index contributed by atoms with van der Waals surface area (Å²) in [6.07, 6.45) is 1.53. The predicted molar refractivity (Wildman–Crippen MR) is 130 cm³/mol. The minimum Gasteiger partial charge on any atom is -0.495 e. The molecule has 0 aliphatic carbocycles. The number of ether oxygens (including phenoxy) is 1. The fourth-order valence-electron chi connectivity index (χ4n) is 3.19. The number of hydrogen-bond donors (Lipinski definition) is 1. The van der Waals surface area contributed by atoms with Crippen molar-refractivity contribution in [2.75, 3.05) is 12.4 Å². The van der Waals surface area contributed by atoms with Crippen molar-refractivity contribution in [3.63, 3.8) is 0 Å². The molecular weight excluding hydrogens is 441 g/mol. The van der Waals surface area contributed by atoms with Crippen molar-refractivity contribution in [2.45, 2.75) is 6.92 Å². The molecular formula is C26H17Cl2N3O. The molecule has 156 valence electrons.